The fraction of sp³-hybridized carbons (Fsp3) is 0.769. The highest BCUT2D eigenvalue weighted by atomic mass is 127. The first kappa shape index (κ1) is 17.2. The van der Waals surface area contributed by atoms with Gasteiger partial charge in [-0.05, 0) is 26.2 Å². The number of nitrogens with one attached hydrogen (secondary N) is 2. The number of piperidine rings is 1. The van der Waals surface area contributed by atoms with Crippen LogP contribution in [-0.2, 0) is 9.59 Å². The van der Waals surface area contributed by atoms with E-state index in [1.165, 1.54) is 17.7 Å². The standard InChI is InChI=1S/C13H22N4O2.HI/c1-2-14-13(16-10-6-7-10)15-8-9-17-11(18)4-3-5-12(17)19;/h10H,2-9H2,1H3,(H2,14,15,16);1H. The van der Waals surface area contributed by atoms with Crippen LogP contribution in [0.1, 0.15) is 39.0 Å². The van der Waals surface area contributed by atoms with Crippen LogP contribution < -0.4 is 10.6 Å². The number of halogens is 1. The van der Waals surface area contributed by atoms with E-state index in [0.29, 0.717) is 38.4 Å². The fourth-order valence-electron chi connectivity index (χ4n) is 2.05. The van der Waals surface area contributed by atoms with Crippen molar-refractivity contribution < 1.29 is 9.59 Å². The van der Waals surface area contributed by atoms with Gasteiger partial charge in [-0.15, -0.1) is 24.0 Å². The smallest absolute Gasteiger partial charge is 0.229 e. The second-order valence-corrected chi connectivity index (χ2v) is 4.97. The van der Waals surface area contributed by atoms with Gasteiger partial charge in [0.05, 0.1) is 6.54 Å². The van der Waals surface area contributed by atoms with E-state index in [-0.39, 0.29) is 35.8 Å². The second-order valence-electron chi connectivity index (χ2n) is 4.97. The van der Waals surface area contributed by atoms with Gasteiger partial charge < -0.3 is 10.6 Å². The van der Waals surface area contributed by atoms with Crippen molar-refractivity contribution in [3.63, 3.8) is 0 Å². The molecule has 6 nitrogen and oxygen atoms in total. The Balaban J connectivity index is 0.00000200. The Kier molecular flexibility index (Phi) is 7.25. The number of hydrogen-bond donors (Lipinski definition) is 2. The lowest BCUT2D eigenvalue weighted by atomic mass is 10.1. The van der Waals surface area contributed by atoms with Crippen LogP contribution in [0.15, 0.2) is 4.99 Å². The van der Waals surface area contributed by atoms with Gasteiger partial charge in [0.15, 0.2) is 5.96 Å². The molecule has 0 radical (unpaired) electrons. The molecule has 2 fully saturated rings. The van der Waals surface area contributed by atoms with Gasteiger partial charge in [0.2, 0.25) is 11.8 Å². The Bertz CT molecular complexity index is 367. The molecule has 0 aromatic heterocycles. The van der Waals surface area contributed by atoms with Gasteiger partial charge in [0.1, 0.15) is 0 Å². The Morgan fingerprint density at radius 1 is 1.30 bits per heavy atom. The predicted octanol–water partition coefficient (Wildman–Crippen LogP) is 0.861. The molecule has 20 heavy (non-hydrogen) atoms. The number of likely N-dealkylation sites (tertiary alicyclic amines) is 1. The van der Waals surface area contributed by atoms with Crippen molar-refractivity contribution in [1.29, 1.82) is 0 Å². The van der Waals surface area contributed by atoms with Gasteiger partial charge in [-0.1, -0.05) is 0 Å². The molecule has 0 aromatic rings. The lowest BCUT2D eigenvalue weighted by Gasteiger charge is -2.24. The van der Waals surface area contributed by atoms with Crippen molar-refractivity contribution in [2.75, 3.05) is 19.6 Å². The van der Waals surface area contributed by atoms with Gasteiger partial charge in [0, 0.05) is 32.0 Å². The van der Waals surface area contributed by atoms with Crippen LogP contribution in [0.2, 0.25) is 0 Å². The second kappa shape index (κ2) is 8.43. The van der Waals surface area contributed by atoms with Crippen molar-refractivity contribution in [1.82, 2.24) is 15.5 Å². The zero-order valence-corrected chi connectivity index (χ0v) is 14.2. The van der Waals surface area contributed by atoms with Crippen LogP contribution in [0, 0.1) is 0 Å². The van der Waals surface area contributed by atoms with Gasteiger partial charge in [-0.3, -0.25) is 19.5 Å². The zero-order valence-electron chi connectivity index (χ0n) is 11.9. The maximum Gasteiger partial charge on any atom is 0.229 e. The molecule has 0 bridgehead atoms. The molecule has 1 aliphatic carbocycles. The molecule has 1 saturated heterocycles. The van der Waals surface area contributed by atoms with E-state index in [4.69, 9.17) is 0 Å². The predicted molar refractivity (Wildman–Crippen MR) is 88.1 cm³/mol. The summed E-state index contributed by atoms with van der Waals surface area (Å²) in [6.45, 7) is 3.67. The van der Waals surface area contributed by atoms with Crippen molar-refractivity contribution in [3.8, 4) is 0 Å². The number of aliphatic imine (C=N–C) groups is 1. The summed E-state index contributed by atoms with van der Waals surface area (Å²) < 4.78 is 0. The minimum atomic E-state index is -0.0633. The summed E-state index contributed by atoms with van der Waals surface area (Å²) in [7, 11) is 0. The first-order valence-electron chi connectivity index (χ1n) is 7.08. The average molecular weight is 394 g/mol. The highest BCUT2D eigenvalue weighted by Gasteiger charge is 2.25. The van der Waals surface area contributed by atoms with Crippen molar-refractivity contribution in [2.45, 2.75) is 45.1 Å². The van der Waals surface area contributed by atoms with E-state index in [2.05, 4.69) is 15.6 Å². The van der Waals surface area contributed by atoms with Gasteiger partial charge in [-0.25, -0.2) is 0 Å². The molecule has 2 rings (SSSR count). The van der Waals surface area contributed by atoms with E-state index < -0.39 is 0 Å². The largest absolute Gasteiger partial charge is 0.357 e. The van der Waals surface area contributed by atoms with Crippen molar-refractivity contribution in [3.05, 3.63) is 0 Å². The maximum atomic E-state index is 11.6. The van der Waals surface area contributed by atoms with Crippen LogP contribution in [0.25, 0.3) is 0 Å². The van der Waals surface area contributed by atoms with Crippen LogP contribution >= 0.6 is 24.0 Å². The summed E-state index contributed by atoms with van der Waals surface area (Å²) in [5.74, 6) is 0.653. The molecule has 0 unspecified atom stereocenters. The average Bonchev–Trinajstić information content (AvgIpc) is 3.17. The Morgan fingerprint density at radius 2 is 1.95 bits per heavy atom. The minimum absolute atomic E-state index is 0. The first-order chi connectivity index (χ1) is 9.20. The number of carbonyl (C=O) groups is 2. The van der Waals surface area contributed by atoms with E-state index in [0.717, 1.165) is 12.5 Å². The summed E-state index contributed by atoms with van der Waals surface area (Å²) in [5.41, 5.74) is 0. The third-order valence-corrected chi connectivity index (χ3v) is 3.24. The van der Waals surface area contributed by atoms with E-state index in [9.17, 15) is 9.59 Å². The van der Waals surface area contributed by atoms with Crippen LogP contribution in [-0.4, -0.2) is 48.3 Å². The molecular weight excluding hydrogens is 371 g/mol. The molecule has 0 atom stereocenters. The first-order valence-corrected chi connectivity index (χ1v) is 7.08. The SMILES string of the molecule is CCNC(=NCCN1C(=O)CCCC1=O)NC1CC1.I. The summed E-state index contributed by atoms with van der Waals surface area (Å²) >= 11 is 0. The Morgan fingerprint density at radius 3 is 2.50 bits per heavy atom. The number of rotatable bonds is 5. The Labute approximate surface area is 136 Å². The molecule has 114 valence electrons. The summed E-state index contributed by atoms with van der Waals surface area (Å²) in [6.07, 6.45) is 4.02. The van der Waals surface area contributed by atoms with E-state index in [1.807, 2.05) is 6.92 Å². The number of carbonyl (C=O) groups excluding carboxylic acids is 2. The molecular formula is C13H23IN4O2. The molecule has 1 saturated carbocycles. The fourth-order valence-corrected chi connectivity index (χ4v) is 2.05. The molecule has 2 N–H and O–H groups in total. The van der Waals surface area contributed by atoms with Gasteiger partial charge in [0.25, 0.3) is 0 Å². The van der Waals surface area contributed by atoms with Crippen LogP contribution in [0.3, 0.4) is 0 Å². The number of amides is 2. The monoisotopic (exact) mass is 394 g/mol. The number of nitrogens with zero attached hydrogens (tertiary/aromatic N) is 2. The van der Waals surface area contributed by atoms with Gasteiger partial charge in [-0.2, -0.15) is 0 Å². The quantitative estimate of drug-likeness (QED) is 0.314. The normalized spacial score (nSPS) is 19.6. The van der Waals surface area contributed by atoms with Crippen LogP contribution in [0.4, 0.5) is 0 Å². The third-order valence-electron chi connectivity index (χ3n) is 3.24. The van der Waals surface area contributed by atoms with E-state index in [1.54, 1.807) is 0 Å². The number of guanidine groups is 1. The van der Waals surface area contributed by atoms with E-state index >= 15 is 0 Å². The zero-order chi connectivity index (χ0) is 13.7. The van der Waals surface area contributed by atoms with Gasteiger partial charge >= 0.3 is 0 Å². The molecule has 1 aliphatic heterocycles. The molecule has 1 heterocycles. The minimum Gasteiger partial charge on any atom is -0.357 e. The third kappa shape index (κ3) is 5.26. The van der Waals surface area contributed by atoms with Crippen molar-refractivity contribution in [2.24, 2.45) is 4.99 Å². The van der Waals surface area contributed by atoms with Crippen LogP contribution in [0.5, 0.6) is 0 Å². The summed E-state index contributed by atoms with van der Waals surface area (Å²) in [5, 5.41) is 6.47. The highest BCUT2D eigenvalue weighted by Crippen LogP contribution is 2.18. The number of hydrogen-bond acceptors (Lipinski definition) is 3. The molecule has 7 heteroatoms. The topological polar surface area (TPSA) is 73.8 Å². The molecule has 0 spiro atoms. The lowest BCUT2D eigenvalue weighted by molar-refractivity contribution is -0.147. The summed E-state index contributed by atoms with van der Waals surface area (Å²) in [4.78, 5) is 29.0. The molecule has 2 aliphatic rings. The highest BCUT2D eigenvalue weighted by molar-refractivity contribution is 14.0. The number of imide groups is 1. The Hall–Kier alpha value is -0.860. The summed E-state index contributed by atoms with van der Waals surface area (Å²) in [6, 6.07) is 0.538. The maximum absolute atomic E-state index is 11.6. The molecule has 0 aromatic carbocycles. The van der Waals surface area contributed by atoms with Crippen molar-refractivity contribution >= 4 is 41.8 Å². The lowest BCUT2D eigenvalue weighted by Crippen LogP contribution is -2.42. The molecule has 2 amide bonds.